The zero-order chi connectivity index (χ0) is 34.4. The van der Waals surface area contributed by atoms with Crippen molar-refractivity contribution < 1.29 is 33.8 Å². The van der Waals surface area contributed by atoms with E-state index in [1.54, 1.807) is 0 Å². The maximum absolute atomic E-state index is 13.6. The molecule has 0 aliphatic carbocycles. The lowest BCUT2D eigenvalue weighted by atomic mass is 10.0. The monoisotopic (exact) mass is 648 g/mol. The van der Waals surface area contributed by atoms with Gasteiger partial charge in [0.15, 0.2) is 0 Å². The Labute approximate surface area is 277 Å². The summed E-state index contributed by atoms with van der Waals surface area (Å²) in [5.41, 5.74) is 8.18. The summed E-state index contributed by atoms with van der Waals surface area (Å²) in [5.74, 6) is -1.15. The molecule has 0 aromatic heterocycles. The van der Waals surface area contributed by atoms with E-state index in [2.05, 4.69) is 21.7 Å². The van der Waals surface area contributed by atoms with Gasteiger partial charge < -0.3 is 36.3 Å². The SMILES string of the molecule is CCOc1ccc(C)c(CNC(=O)C(CCc2ccccc2)NC(=O)[C@H](CCCCC(=O)O)NC(=O)OCc2ccccc2)c1.CN. The molecule has 0 aliphatic rings. The van der Waals surface area contributed by atoms with Crippen molar-refractivity contribution in [2.45, 2.75) is 77.6 Å². The first-order valence-electron chi connectivity index (χ1n) is 15.9. The highest BCUT2D eigenvalue weighted by molar-refractivity contribution is 5.91. The molecule has 3 rings (SSSR count). The number of nitrogens with one attached hydrogen (secondary N) is 3. The molecule has 0 saturated heterocycles. The Bertz CT molecular complexity index is 1390. The zero-order valence-electron chi connectivity index (χ0n) is 27.5. The van der Waals surface area contributed by atoms with Gasteiger partial charge in [-0.1, -0.05) is 73.2 Å². The van der Waals surface area contributed by atoms with Crippen LogP contribution in [0.25, 0.3) is 0 Å². The number of benzene rings is 3. The average Bonchev–Trinajstić information content (AvgIpc) is 3.08. The number of rotatable bonds is 18. The molecule has 0 bridgehead atoms. The molecule has 0 radical (unpaired) electrons. The predicted octanol–water partition coefficient (Wildman–Crippen LogP) is 4.64. The van der Waals surface area contributed by atoms with Crippen LogP contribution in [0.5, 0.6) is 5.75 Å². The van der Waals surface area contributed by atoms with Crippen LogP contribution in [-0.2, 0) is 38.7 Å². The lowest BCUT2D eigenvalue weighted by Gasteiger charge is -2.23. The van der Waals surface area contributed by atoms with Gasteiger partial charge in [0.2, 0.25) is 11.8 Å². The van der Waals surface area contributed by atoms with Gasteiger partial charge >= 0.3 is 12.1 Å². The number of hydrogen-bond acceptors (Lipinski definition) is 7. The van der Waals surface area contributed by atoms with Crippen molar-refractivity contribution in [2.24, 2.45) is 5.73 Å². The van der Waals surface area contributed by atoms with Crippen molar-refractivity contribution in [1.82, 2.24) is 16.0 Å². The number of amides is 3. The second-order valence-corrected chi connectivity index (χ2v) is 10.7. The molecule has 3 aromatic rings. The fourth-order valence-corrected chi connectivity index (χ4v) is 4.70. The van der Waals surface area contributed by atoms with E-state index in [1.807, 2.05) is 92.7 Å². The largest absolute Gasteiger partial charge is 0.494 e. The van der Waals surface area contributed by atoms with E-state index in [9.17, 15) is 19.2 Å². The third-order valence-electron chi connectivity index (χ3n) is 7.24. The minimum Gasteiger partial charge on any atom is -0.494 e. The van der Waals surface area contributed by atoms with Gasteiger partial charge in [0.25, 0.3) is 0 Å². The summed E-state index contributed by atoms with van der Waals surface area (Å²) in [5, 5.41) is 17.4. The maximum atomic E-state index is 13.6. The predicted molar refractivity (Wildman–Crippen MR) is 181 cm³/mol. The molecular weight excluding hydrogens is 600 g/mol. The van der Waals surface area contributed by atoms with Crippen LogP contribution in [0.2, 0.25) is 0 Å². The smallest absolute Gasteiger partial charge is 0.408 e. The number of nitrogens with two attached hydrogens (primary N) is 1. The molecule has 3 amide bonds. The Morgan fingerprint density at radius 1 is 0.809 bits per heavy atom. The molecule has 3 aromatic carbocycles. The number of carboxylic acid groups (broad SMARTS) is 1. The molecule has 0 spiro atoms. The highest BCUT2D eigenvalue weighted by Gasteiger charge is 2.27. The van der Waals surface area contributed by atoms with Crippen LogP contribution in [0.4, 0.5) is 4.79 Å². The molecule has 11 nitrogen and oxygen atoms in total. The van der Waals surface area contributed by atoms with Crippen LogP contribution in [0.3, 0.4) is 0 Å². The average molecular weight is 649 g/mol. The van der Waals surface area contributed by atoms with Crippen molar-refractivity contribution in [3.63, 3.8) is 0 Å². The van der Waals surface area contributed by atoms with Crippen molar-refractivity contribution in [1.29, 1.82) is 0 Å². The first kappa shape index (κ1) is 38.3. The highest BCUT2D eigenvalue weighted by Crippen LogP contribution is 2.18. The van der Waals surface area contributed by atoms with E-state index in [0.29, 0.717) is 38.0 Å². The van der Waals surface area contributed by atoms with E-state index < -0.39 is 30.1 Å². The molecule has 0 heterocycles. The third-order valence-corrected chi connectivity index (χ3v) is 7.24. The summed E-state index contributed by atoms with van der Waals surface area (Å²) in [6.45, 7) is 4.63. The van der Waals surface area contributed by atoms with Crippen molar-refractivity contribution >= 4 is 23.9 Å². The van der Waals surface area contributed by atoms with Gasteiger partial charge in [-0.25, -0.2) is 4.79 Å². The standard InChI is InChI=1S/C35H43N3O7.CH5N/c1-3-44-29-20-18-25(2)28(22-29)23-36-33(41)31(21-19-26-12-6-4-7-13-26)37-34(42)30(16-10-11-17-32(39)40)38-35(43)45-24-27-14-8-5-9-15-27;1-2/h4-9,12-15,18,20,22,30-31H,3,10-11,16-17,19,21,23-24H2,1-2H3,(H,36,41)(H,37,42)(H,38,43)(H,39,40);2H2,1H3/t30-,31?;/m0./s1. The lowest BCUT2D eigenvalue weighted by Crippen LogP contribution is -2.53. The van der Waals surface area contributed by atoms with Crippen LogP contribution in [-0.4, -0.2) is 54.7 Å². The summed E-state index contributed by atoms with van der Waals surface area (Å²) in [6.07, 6.45) is 0.900. The minimum atomic E-state index is -1.03. The molecule has 0 fully saturated rings. The molecule has 11 heteroatoms. The summed E-state index contributed by atoms with van der Waals surface area (Å²) >= 11 is 0. The van der Waals surface area contributed by atoms with Gasteiger partial charge in [-0.15, -0.1) is 0 Å². The first-order chi connectivity index (χ1) is 22.7. The van der Waals surface area contributed by atoms with E-state index in [1.165, 1.54) is 7.05 Å². The molecule has 254 valence electrons. The Balaban J connectivity index is 0.00000376. The van der Waals surface area contributed by atoms with E-state index in [-0.39, 0.29) is 31.9 Å². The van der Waals surface area contributed by atoms with Crippen LogP contribution in [0.1, 0.15) is 61.3 Å². The number of unbranched alkanes of at least 4 members (excludes halogenated alkanes) is 1. The summed E-state index contributed by atoms with van der Waals surface area (Å²) in [4.78, 5) is 50.7. The first-order valence-corrected chi connectivity index (χ1v) is 15.9. The Morgan fingerprint density at radius 3 is 2.09 bits per heavy atom. The van der Waals surface area contributed by atoms with E-state index in [0.717, 1.165) is 22.3 Å². The molecule has 0 saturated carbocycles. The number of hydrogen-bond donors (Lipinski definition) is 5. The van der Waals surface area contributed by atoms with E-state index >= 15 is 0 Å². The maximum Gasteiger partial charge on any atom is 0.408 e. The lowest BCUT2D eigenvalue weighted by molar-refractivity contribution is -0.137. The quantitative estimate of drug-likeness (QED) is 0.124. The second kappa shape index (κ2) is 21.8. The van der Waals surface area contributed by atoms with Gasteiger partial charge in [-0.2, -0.15) is 0 Å². The van der Waals surface area contributed by atoms with E-state index in [4.69, 9.17) is 14.6 Å². The van der Waals surface area contributed by atoms with Gasteiger partial charge in [0, 0.05) is 13.0 Å². The fourth-order valence-electron chi connectivity index (χ4n) is 4.70. The summed E-state index contributed by atoms with van der Waals surface area (Å²) in [7, 11) is 1.50. The minimum absolute atomic E-state index is 0.0199. The molecule has 6 N–H and O–H groups in total. The topological polar surface area (TPSA) is 169 Å². The molecule has 1 unspecified atom stereocenters. The highest BCUT2D eigenvalue weighted by atomic mass is 16.5. The Hall–Kier alpha value is -4.90. The number of alkyl carbamates (subject to hydrolysis) is 1. The number of carbonyl (C=O) groups is 4. The van der Waals surface area contributed by atoms with Crippen molar-refractivity contribution in [2.75, 3.05) is 13.7 Å². The Morgan fingerprint density at radius 2 is 1.45 bits per heavy atom. The molecule has 47 heavy (non-hydrogen) atoms. The third kappa shape index (κ3) is 14.8. The van der Waals surface area contributed by atoms with Crippen molar-refractivity contribution in [3.05, 3.63) is 101 Å². The van der Waals surface area contributed by atoms with Gasteiger partial charge in [-0.3, -0.25) is 14.4 Å². The zero-order valence-corrected chi connectivity index (χ0v) is 27.5. The molecule has 2 atom stereocenters. The summed E-state index contributed by atoms with van der Waals surface area (Å²) < 4.78 is 10.9. The number of carbonyl (C=O) groups excluding carboxylic acids is 3. The van der Waals surface area contributed by atoms with Crippen LogP contribution >= 0.6 is 0 Å². The molecule has 0 aliphatic heterocycles. The van der Waals surface area contributed by atoms with Gasteiger partial charge in [0.1, 0.15) is 24.4 Å². The fraction of sp³-hybridized carbons (Fsp3) is 0.389. The van der Waals surface area contributed by atoms with Crippen LogP contribution < -0.4 is 26.4 Å². The Kier molecular flexibility index (Phi) is 17.7. The number of ether oxygens (including phenoxy) is 2. The normalized spacial score (nSPS) is 11.6. The molecular formula is C36H48N4O7. The second-order valence-electron chi connectivity index (χ2n) is 10.7. The number of aryl methyl sites for hydroxylation is 2. The van der Waals surface area contributed by atoms with Gasteiger partial charge in [0.05, 0.1) is 6.61 Å². The van der Waals surface area contributed by atoms with Crippen LogP contribution in [0.15, 0.2) is 78.9 Å². The van der Waals surface area contributed by atoms with Crippen molar-refractivity contribution in [3.8, 4) is 5.75 Å². The summed E-state index contributed by atoms with van der Waals surface area (Å²) in [6, 6.07) is 22.5. The van der Waals surface area contributed by atoms with Crippen LogP contribution in [0, 0.1) is 6.92 Å². The van der Waals surface area contributed by atoms with Gasteiger partial charge in [-0.05, 0) is 81.0 Å². The number of aliphatic carboxylic acids is 1. The number of carboxylic acids is 1.